The molecule has 2 atom stereocenters. The van der Waals surface area contributed by atoms with E-state index in [-0.39, 0.29) is 24.5 Å². The first-order chi connectivity index (χ1) is 14.6. The van der Waals surface area contributed by atoms with Crippen molar-refractivity contribution in [1.29, 1.82) is 0 Å². The summed E-state index contributed by atoms with van der Waals surface area (Å²) >= 11 is 6.12. The molecule has 0 aliphatic carbocycles. The lowest BCUT2D eigenvalue weighted by atomic mass is 9.83. The van der Waals surface area contributed by atoms with Crippen molar-refractivity contribution < 1.29 is 14.3 Å². The first-order valence-electron chi connectivity index (χ1n) is 10.6. The summed E-state index contributed by atoms with van der Waals surface area (Å²) in [6.45, 7) is 2.17. The number of amides is 2. The van der Waals surface area contributed by atoms with Gasteiger partial charge in [-0.05, 0) is 42.9 Å². The van der Waals surface area contributed by atoms with Crippen LogP contribution in [0.25, 0.3) is 0 Å². The molecule has 0 N–H and O–H groups in total. The number of halogens is 1. The summed E-state index contributed by atoms with van der Waals surface area (Å²) in [5, 5.41) is 0.507. The van der Waals surface area contributed by atoms with Gasteiger partial charge in [0.2, 0.25) is 5.91 Å². The Labute approximate surface area is 182 Å². The number of hydrogen-bond acceptors (Lipinski definition) is 3. The van der Waals surface area contributed by atoms with Crippen LogP contribution in [0.4, 0.5) is 0 Å². The van der Waals surface area contributed by atoms with Gasteiger partial charge in [0.1, 0.15) is 5.75 Å². The number of hydrogen-bond donors (Lipinski definition) is 0. The van der Waals surface area contributed by atoms with Gasteiger partial charge in [-0.25, -0.2) is 0 Å². The average Bonchev–Trinajstić information content (AvgIpc) is 2.78. The molecule has 0 unspecified atom stereocenters. The third-order valence-corrected chi connectivity index (χ3v) is 6.44. The number of piperidine rings is 2. The van der Waals surface area contributed by atoms with Crippen molar-refractivity contribution in [2.24, 2.45) is 5.92 Å². The highest BCUT2D eigenvalue weighted by atomic mass is 35.5. The van der Waals surface area contributed by atoms with Gasteiger partial charge < -0.3 is 14.5 Å². The fourth-order valence-electron chi connectivity index (χ4n) is 4.61. The molecule has 2 aliphatic rings. The molecule has 2 aliphatic heterocycles. The highest BCUT2D eigenvalue weighted by molar-refractivity contribution is 6.32. The van der Waals surface area contributed by atoms with Crippen LogP contribution in [0.2, 0.25) is 5.02 Å². The molecule has 0 spiro atoms. The molecule has 0 bridgehead atoms. The van der Waals surface area contributed by atoms with Gasteiger partial charge in [0, 0.05) is 25.7 Å². The molecule has 2 amide bonds. The van der Waals surface area contributed by atoms with E-state index in [1.54, 1.807) is 12.1 Å². The van der Waals surface area contributed by atoms with Crippen molar-refractivity contribution in [3.05, 3.63) is 65.2 Å². The van der Waals surface area contributed by atoms with Gasteiger partial charge in [-0.1, -0.05) is 54.1 Å². The van der Waals surface area contributed by atoms with Crippen LogP contribution in [0.5, 0.6) is 5.75 Å². The molecule has 2 fully saturated rings. The second-order valence-corrected chi connectivity index (χ2v) is 8.47. The van der Waals surface area contributed by atoms with Gasteiger partial charge >= 0.3 is 0 Å². The van der Waals surface area contributed by atoms with E-state index in [0.29, 0.717) is 29.7 Å². The minimum absolute atomic E-state index is 0.00585. The smallest absolute Gasteiger partial charge is 0.260 e. The van der Waals surface area contributed by atoms with Crippen LogP contribution in [0.1, 0.15) is 24.8 Å². The number of benzene rings is 2. The van der Waals surface area contributed by atoms with E-state index in [1.165, 1.54) is 0 Å². The van der Waals surface area contributed by atoms with Gasteiger partial charge in [0.15, 0.2) is 6.61 Å². The fraction of sp³-hybridized carbons (Fsp3) is 0.417. The molecular weight excluding hydrogens is 400 g/mol. The van der Waals surface area contributed by atoms with Gasteiger partial charge in [0.05, 0.1) is 11.4 Å². The molecule has 0 saturated carbocycles. The van der Waals surface area contributed by atoms with Crippen LogP contribution >= 0.6 is 11.6 Å². The van der Waals surface area contributed by atoms with Crippen molar-refractivity contribution >= 4 is 23.4 Å². The van der Waals surface area contributed by atoms with E-state index in [4.69, 9.17) is 16.3 Å². The van der Waals surface area contributed by atoms with E-state index < -0.39 is 0 Å². The molecule has 30 heavy (non-hydrogen) atoms. The Kier molecular flexibility index (Phi) is 6.58. The minimum Gasteiger partial charge on any atom is -0.482 e. The summed E-state index contributed by atoms with van der Waals surface area (Å²) in [6.07, 6.45) is 3.27. The summed E-state index contributed by atoms with van der Waals surface area (Å²) in [7, 11) is 0. The van der Waals surface area contributed by atoms with E-state index in [2.05, 4.69) is 0 Å². The number of carbonyl (C=O) groups excluding carboxylic acids is 2. The Morgan fingerprint density at radius 3 is 2.53 bits per heavy atom. The molecule has 2 aromatic carbocycles. The molecule has 2 saturated heterocycles. The van der Waals surface area contributed by atoms with E-state index >= 15 is 0 Å². The topological polar surface area (TPSA) is 49.9 Å². The number of nitrogens with zero attached hydrogens (tertiary/aromatic N) is 2. The summed E-state index contributed by atoms with van der Waals surface area (Å²) in [5.41, 5.74) is 1.04. The lowest BCUT2D eigenvalue weighted by molar-refractivity contribution is -0.143. The lowest BCUT2D eigenvalue weighted by Gasteiger charge is -2.47. The molecule has 6 heteroatoms. The molecular formula is C24H27ClN2O3. The van der Waals surface area contributed by atoms with E-state index in [1.807, 2.05) is 52.3 Å². The number of likely N-dealkylation sites (tertiary alicyclic amines) is 2. The number of carbonyl (C=O) groups is 2. The summed E-state index contributed by atoms with van der Waals surface area (Å²) in [6, 6.07) is 17.2. The lowest BCUT2D eigenvalue weighted by Crippen LogP contribution is -2.57. The maximum atomic E-state index is 12.9. The van der Waals surface area contributed by atoms with Crippen molar-refractivity contribution in [3.63, 3.8) is 0 Å². The van der Waals surface area contributed by atoms with Crippen LogP contribution in [0, 0.1) is 5.92 Å². The first kappa shape index (κ1) is 20.7. The Balaban J connectivity index is 1.33. The highest BCUT2D eigenvalue weighted by Crippen LogP contribution is 2.31. The minimum atomic E-state index is -0.0103. The largest absolute Gasteiger partial charge is 0.482 e. The third kappa shape index (κ3) is 4.78. The zero-order valence-corrected chi connectivity index (χ0v) is 17.8. The van der Waals surface area contributed by atoms with Gasteiger partial charge in [-0.2, -0.15) is 0 Å². The zero-order valence-electron chi connectivity index (χ0n) is 17.0. The van der Waals surface area contributed by atoms with Gasteiger partial charge in [-0.15, -0.1) is 0 Å². The van der Waals surface area contributed by atoms with Crippen molar-refractivity contribution in [2.75, 3.05) is 26.2 Å². The molecule has 0 radical (unpaired) electrons. The Morgan fingerprint density at radius 2 is 1.73 bits per heavy atom. The second-order valence-electron chi connectivity index (χ2n) is 8.07. The van der Waals surface area contributed by atoms with Crippen molar-refractivity contribution in [3.8, 4) is 5.75 Å². The molecule has 2 heterocycles. The molecule has 4 rings (SSSR count). The highest BCUT2D eigenvalue weighted by Gasteiger charge is 2.39. The normalized spacial score (nSPS) is 21.1. The predicted molar refractivity (Wildman–Crippen MR) is 117 cm³/mol. The van der Waals surface area contributed by atoms with Crippen LogP contribution in [-0.4, -0.2) is 53.9 Å². The number of fused-ring (bicyclic) bond motifs is 1. The molecule has 2 aromatic rings. The summed E-state index contributed by atoms with van der Waals surface area (Å²) in [4.78, 5) is 29.6. The first-order valence-corrected chi connectivity index (χ1v) is 11.0. The molecule has 0 aromatic heterocycles. The SMILES string of the molecule is O=C(Cc1ccccc1)N1CC[C@H]2[C@H](CCCN2C(=O)COc2ccccc2Cl)C1. The monoisotopic (exact) mass is 426 g/mol. The van der Waals surface area contributed by atoms with E-state index in [0.717, 1.165) is 37.9 Å². The van der Waals surface area contributed by atoms with Gasteiger partial charge in [0.25, 0.3) is 5.91 Å². The van der Waals surface area contributed by atoms with Crippen LogP contribution in [0.15, 0.2) is 54.6 Å². The molecule has 158 valence electrons. The van der Waals surface area contributed by atoms with E-state index in [9.17, 15) is 9.59 Å². The van der Waals surface area contributed by atoms with Crippen LogP contribution < -0.4 is 4.74 Å². The average molecular weight is 427 g/mol. The van der Waals surface area contributed by atoms with Crippen LogP contribution in [-0.2, 0) is 16.0 Å². The standard InChI is InChI=1S/C24H27ClN2O3/c25-20-10-4-5-11-22(20)30-17-24(29)27-13-6-9-19-16-26(14-12-21(19)27)23(28)15-18-7-2-1-3-8-18/h1-5,7-8,10-11,19,21H,6,9,12-17H2/t19-,21+/m1/s1. The van der Waals surface area contributed by atoms with Gasteiger partial charge in [-0.3, -0.25) is 9.59 Å². The Morgan fingerprint density at radius 1 is 0.967 bits per heavy atom. The maximum Gasteiger partial charge on any atom is 0.260 e. The summed E-state index contributed by atoms with van der Waals surface area (Å²) < 4.78 is 5.67. The number of para-hydroxylation sites is 1. The fourth-order valence-corrected chi connectivity index (χ4v) is 4.80. The number of ether oxygens (including phenoxy) is 1. The quantitative estimate of drug-likeness (QED) is 0.730. The summed E-state index contributed by atoms with van der Waals surface area (Å²) in [5.74, 6) is 1.03. The number of rotatable bonds is 5. The second kappa shape index (κ2) is 9.52. The Bertz CT molecular complexity index is 889. The Hall–Kier alpha value is -2.53. The predicted octanol–water partition coefficient (Wildman–Crippen LogP) is 3.80. The zero-order chi connectivity index (χ0) is 20.9. The van der Waals surface area contributed by atoms with Crippen LogP contribution in [0.3, 0.4) is 0 Å². The maximum absolute atomic E-state index is 12.9. The third-order valence-electron chi connectivity index (χ3n) is 6.13. The van der Waals surface area contributed by atoms with Crippen molar-refractivity contribution in [1.82, 2.24) is 9.80 Å². The van der Waals surface area contributed by atoms with Crippen molar-refractivity contribution in [2.45, 2.75) is 31.7 Å². The molecule has 5 nitrogen and oxygen atoms in total.